The molecule has 4 fully saturated rings. The molecule has 1 saturated carbocycles. The van der Waals surface area contributed by atoms with E-state index in [-0.39, 0.29) is 0 Å². The minimum absolute atomic E-state index is 0.376. The zero-order valence-electron chi connectivity index (χ0n) is 32.9. The molecule has 0 amide bonds. The fraction of sp³-hybridized carbons (Fsp3) is 0.556. The van der Waals surface area contributed by atoms with E-state index in [2.05, 4.69) is 107 Å². The lowest BCUT2D eigenvalue weighted by molar-refractivity contribution is 0.191. The van der Waals surface area contributed by atoms with Crippen molar-refractivity contribution < 1.29 is 4.74 Å². The minimum atomic E-state index is 0.376. The summed E-state index contributed by atoms with van der Waals surface area (Å²) in [4.78, 5) is 2.99. The predicted molar refractivity (Wildman–Crippen MR) is 223 cm³/mol. The van der Waals surface area contributed by atoms with Crippen LogP contribution >= 0.6 is 11.3 Å². The molecule has 0 bridgehead atoms. The summed E-state index contributed by atoms with van der Waals surface area (Å²) in [5.74, 6) is 2.68. The van der Waals surface area contributed by atoms with Crippen molar-refractivity contribution >= 4 is 29.9 Å². The normalized spacial score (nSPS) is 29.2. The third-order valence-electron chi connectivity index (χ3n) is 12.5. The van der Waals surface area contributed by atoms with Gasteiger partial charge in [-0.25, -0.2) is 0 Å². The highest BCUT2D eigenvalue weighted by atomic mass is 32.1. The lowest BCUT2D eigenvalue weighted by Crippen LogP contribution is -2.23. The van der Waals surface area contributed by atoms with Gasteiger partial charge in [-0.3, -0.25) is 0 Å². The molecule has 4 heterocycles. The van der Waals surface area contributed by atoms with E-state index in [1.54, 1.807) is 27.7 Å². The molecule has 0 spiro atoms. The molecule has 3 N–H and O–H groups in total. The second kappa shape index (κ2) is 17.2. The summed E-state index contributed by atoms with van der Waals surface area (Å²) < 4.78 is 6.22. The van der Waals surface area contributed by atoms with Crippen molar-refractivity contribution in [3.05, 3.63) is 102 Å². The molecule has 3 aliphatic heterocycles. The summed E-state index contributed by atoms with van der Waals surface area (Å²) in [6.45, 7) is 21.9. The largest absolute Gasteiger partial charge is 0.493 e. The molecular weight excluding hydrogens is 641 g/mol. The third kappa shape index (κ3) is 7.88. The average Bonchev–Trinajstić information content (AvgIpc) is 3.64. The number of ether oxygens (including phenoxy) is 1. The first-order valence-electron chi connectivity index (χ1n) is 20.2. The van der Waals surface area contributed by atoms with E-state index >= 15 is 0 Å². The zero-order valence-corrected chi connectivity index (χ0v) is 33.7. The van der Waals surface area contributed by atoms with Crippen LogP contribution in [0, 0.1) is 17.8 Å². The molecule has 51 heavy (non-hydrogen) atoms. The highest BCUT2D eigenvalue weighted by Gasteiger charge is 2.34. The van der Waals surface area contributed by atoms with E-state index in [1.165, 1.54) is 95.6 Å². The van der Waals surface area contributed by atoms with Gasteiger partial charge >= 0.3 is 0 Å². The van der Waals surface area contributed by atoms with Gasteiger partial charge in [-0.1, -0.05) is 44.1 Å². The Morgan fingerprint density at radius 3 is 2.35 bits per heavy atom. The van der Waals surface area contributed by atoms with Gasteiger partial charge in [0.25, 0.3) is 0 Å². The number of allylic oxidation sites excluding steroid dienone is 11. The highest BCUT2D eigenvalue weighted by Crippen LogP contribution is 2.47. The van der Waals surface area contributed by atoms with Crippen LogP contribution in [0.2, 0.25) is 6.32 Å². The molecule has 2 aliphatic carbocycles. The minimum Gasteiger partial charge on any atom is -0.493 e. The van der Waals surface area contributed by atoms with Crippen molar-refractivity contribution in [1.29, 1.82) is 0 Å². The summed E-state index contributed by atoms with van der Waals surface area (Å²) in [7, 11) is 3.38. The Hall–Kier alpha value is -2.96. The molecule has 6 heteroatoms. The molecule has 4 nitrogen and oxygen atoms in total. The van der Waals surface area contributed by atoms with Gasteiger partial charge in [0, 0.05) is 48.7 Å². The monoisotopic (exact) mass is 705 g/mol. The molecule has 1 aromatic heterocycles. The molecule has 3 saturated heterocycles. The summed E-state index contributed by atoms with van der Waals surface area (Å²) in [6, 6.07) is 0. The van der Waals surface area contributed by atoms with Gasteiger partial charge in [-0.05, 0) is 155 Å². The Labute approximate surface area is 314 Å². The quantitative estimate of drug-likeness (QED) is 0.195. The van der Waals surface area contributed by atoms with Crippen LogP contribution in [0.4, 0.5) is 0 Å². The van der Waals surface area contributed by atoms with E-state index in [0.29, 0.717) is 17.8 Å². The van der Waals surface area contributed by atoms with Gasteiger partial charge in [0.05, 0.1) is 17.2 Å². The van der Waals surface area contributed by atoms with Crippen LogP contribution in [0.25, 0.3) is 11.3 Å². The maximum Gasteiger partial charge on any atom is 0.152 e. The summed E-state index contributed by atoms with van der Waals surface area (Å²) in [6.07, 6.45) is 22.8. The van der Waals surface area contributed by atoms with Crippen molar-refractivity contribution in [2.75, 3.05) is 33.3 Å². The van der Waals surface area contributed by atoms with Gasteiger partial charge < -0.3 is 20.7 Å². The Bertz CT molecular complexity index is 1710. The summed E-state index contributed by atoms with van der Waals surface area (Å²) >= 11 is 2.06. The van der Waals surface area contributed by atoms with E-state index in [9.17, 15) is 0 Å². The van der Waals surface area contributed by atoms with E-state index < -0.39 is 0 Å². The molecule has 6 rings (SSSR count). The highest BCUT2D eigenvalue weighted by molar-refractivity contribution is 7.14. The Kier molecular flexibility index (Phi) is 12.8. The van der Waals surface area contributed by atoms with Gasteiger partial charge in [0.15, 0.2) is 7.28 Å². The molecule has 1 aromatic rings. The summed E-state index contributed by atoms with van der Waals surface area (Å²) in [5, 5.41) is 11.5. The summed E-state index contributed by atoms with van der Waals surface area (Å²) in [5.41, 5.74) is 17.3. The van der Waals surface area contributed by atoms with Crippen LogP contribution in [0.1, 0.15) is 114 Å². The van der Waals surface area contributed by atoms with Gasteiger partial charge in [-0.2, -0.15) is 0 Å². The van der Waals surface area contributed by atoms with Crippen LogP contribution in [-0.2, 0) is 17.6 Å². The number of nitrogens with one attached hydrogen (secondary N) is 3. The van der Waals surface area contributed by atoms with Crippen molar-refractivity contribution in [2.24, 2.45) is 17.8 Å². The molecule has 0 aromatic carbocycles. The SMILES string of the molecule is C=C1CCCO\C1=C(C)/C(C)=C1\CCCC\C1=C(\C)c1sc(/C(NC)=C2\CNCCN\C2=C/C(/C=C/C)C2/C(=C\C)BCC2C)c2c1CCCC2. The van der Waals surface area contributed by atoms with E-state index in [0.717, 1.165) is 63.3 Å². The molecule has 3 unspecified atom stereocenters. The van der Waals surface area contributed by atoms with Crippen LogP contribution in [0.5, 0.6) is 0 Å². The molecule has 3 atom stereocenters. The van der Waals surface area contributed by atoms with Crippen molar-refractivity contribution in [3.63, 3.8) is 0 Å². The van der Waals surface area contributed by atoms with E-state index in [4.69, 9.17) is 4.74 Å². The molecule has 0 radical (unpaired) electrons. The second-order valence-electron chi connectivity index (χ2n) is 15.6. The number of thiophene rings is 1. The van der Waals surface area contributed by atoms with Crippen LogP contribution in [0.3, 0.4) is 0 Å². The van der Waals surface area contributed by atoms with Crippen LogP contribution < -0.4 is 16.0 Å². The first kappa shape index (κ1) is 37.8. The fourth-order valence-corrected chi connectivity index (χ4v) is 11.2. The van der Waals surface area contributed by atoms with Crippen LogP contribution in [-0.4, -0.2) is 40.6 Å². The van der Waals surface area contributed by atoms with Crippen LogP contribution in [0.15, 0.2) is 81.3 Å². The van der Waals surface area contributed by atoms with Gasteiger partial charge in [0.1, 0.15) is 5.76 Å². The van der Waals surface area contributed by atoms with Crippen molar-refractivity contribution in [1.82, 2.24) is 16.0 Å². The topological polar surface area (TPSA) is 45.3 Å². The molecular formula is C45H64BN3OS. The standard InChI is InChI=1S/C45H64BN3OS/c1-9-16-33(41-29(4)26-46-39(41)10-2)25-40-38(27-48-22-23-49-40)42(47-8)45-37-21-14-13-20-36(37)44(51-45)32(7)35-19-12-11-18-34(35)30(5)31(6)43-28(3)17-15-24-50-43/h9-10,16,25,29,33,41,46-49H,3,11-15,17-24,26-27H2,1-2,4-8H3/b16-9+,34-30+,35-32+,39-10+,40-25-,42-38-,43-31-. The van der Waals surface area contributed by atoms with Gasteiger partial charge in [0.2, 0.25) is 0 Å². The number of fused-ring (bicyclic) bond motifs is 1. The first-order chi connectivity index (χ1) is 24.8. The zero-order chi connectivity index (χ0) is 36.1. The fourth-order valence-electron chi connectivity index (χ4n) is 9.70. The van der Waals surface area contributed by atoms with Gasteiger partial charge in [-0.15, -0.1) is 16.8 Å². The maximum atomic E-state index is 6.22. The average molecular weight is 706 g/mol. The molecule has 5 aliphatic rings. The third-order valence-corrected chi connectivity index (χ3v) is 14.0. The smallest absolute Gasteiger partial charge is 0.152 e. The Balaban J connectivity index is 1.48. The molecule has 274 valence electrons. The first-order valence-corrected chi connectivity index (χ1v) is 21.0. The predicted octanol–water partition coefficient (Wildman–Crippen LogP) is 10.2. The Morgan fingerprint density at radius 1 is 0.922 bits per heavy atom. The lowest BCUT2D eigenvalue weighted by atomic mass is 9.68. The second-order valence-corrected chi connectivity index (χ2v) is 16.7. The number of rotatable bonds is 7. The Morgan fingerprint density at radius 2 is 1.65 bits per heavy atom. The number of hydrogen-bond donors (Lipinski definition) is 3. The van der Waals surface area contributed by atoms with Crippen molar-refractivity contribution in [2.45, 2.75) is 112 Å². The number of hydrogen-bond acceptors (Lipinski definition) is 5. The lowest BCUT2D eigenvalue weighted by Gasteiger charge is -2.27. The van der Waals surface area contributed by atoms with Crippen molar-refractivity contribution in [3.8, 4) is 0 Å². The maximum absolute atomic E-state index is 6.22. The van der Waals surface area contributed by atoms with E-state index in [1.807, 2.05) is 0 Å².